The maximum atomic E-state index is 11.8. The summed E-state index contributed by atoms with van der Waals surface area (Å²) in [6.07, 6.45) is 1.55. The summed E-state index contributed by atoms with van der Waals surface area (Å²) >= 11 is 0. The van der Waals surface area contributed by atoms with E-state index in [9.17, 15) is 9.59 Å². The first-order valence-corrected chi connectivity index (χ1v) is 4.62. The number of carbonyl (C=O) groups excluding carboxylic acids is 2. The van der Waals surface area contributed by atoms with Crippen molar-refractivity contribution in [3.63, 3.8) is 0 Å². The highest BCUT2D eigenvalue weighted by Gasteiger charge is 2.32. The number of carbonyl (C=O) groups is 2. The third kappa shape index (κ3) is 1.29. The summed E-state index contributed by atoms with van der Waals surface area (Å²) in [5.41, 5.74) is 3.49. The molecule has 2 amide bonds. The van der Waals surface area contributed by atoms with Crippen LogP contribution >= 0.6 is 0 Å². The fraction of sp³-hybridized carbons (Fsp3) is 0.444. The van der Waals surface area contributed by atoms with E-state index in [-0.39, 0.29) is 17.7 Å². The van der Waals surface area contributed by atoms with Gasteiger partial charge in [0.25, 0.3) is 5.91 Å². The van der Waals surface area contributed by atoms with Crippen molar-refractivity contribution in [2.75, 3.05) is 7.05 Å². The largest absolute Gasteiger partial charge is 0.336 e. The molecule has 0 saturated carbocycles. The lowest BCUT2D eigenvalue weighted by atomic mass is 10.1. The van der Waals surface area contributed by atoms with Crippen molar-refractivity contribution < 1.29 is 9.59 Å². The average molecular weight is 208 g/mol. The molecule has 0 aromatic carbocycles. The second-order valence-electron chi connectivity index (χ2n) is 3.65. The zero-order valence-electron chi connectivity index (χ0n) is 8.81. The number of nitrogens with one attached hydrogen (secondary N) is 1. The van der Waals surface area contributed by atoms with Crippen LogP contribution in [0.5, 0.6) is 0 Å². The van der Waals surface area contributed by atoms with E-state index in [1.807, 2.05) is 0 Å². The first kappa shape index (κ1) is 9.70. The summed E-state index contributed by atoms with van der Waals surface area (Å²) in [6.45, 7) is 1.75. The number of aryl methyl sites for hydroxylation is 1. The third-order valence-corrected chi connectivity index (χ3v) is 2.57. The number of aromatic nitrogens is 2. The number of amides is 2. The number of fused-ring (bicyclic) bond motifs is 1. The number of hydrogen-bond acceptors (Lipinski definition) is 3. The molecule has 0 spiro atoms. The van der Waals surface area contributed by atoms with Crippen molar-refractivity contribution in [1.29, 1.82) is 0 Å². The van der Waals surface area contributed by atoms with Crippen molar-refractivity contribution in [1.82, 2.24) is 20.0 Å². The molecule has 6 nitrogen and oxygen atoms in total. The van der Waals surface area contributed by atoms with E-state index < -0.39 is 0 Å². The fourth-order valence-electron chi connectivity index (χ4n) is 1.71. The topological polar surface area (TPSA) is 67.2 Å². The molecule has 0 radical (unpaired) electrons. The highest BCUT2D eigenvalue weighted by atomic mass is 16.2. The zero-order chi connectivity index (χ0) is 11.2. The summed E-state index contributed by atoms with van der Waals surface area (Å²) in [5.74, 6) is -0.863. The smallest absolute Gasteiger partial charge is 0.292 e. The number of hydrogen-bond donors (Lipinski definition) is 1. The molecule has 2 heterocycles. The Bertz CT molecular complexity index is 437. The molecule has 1 aromatic heterocycles. The Morgan fingerprint density at radius 1 is 1.40 bits per heavy atom. The number of nitrogens with zero attached hydrogens (tertiary/aromatic N) is 3. The molecule has 1 aliphatic rings. The summed E-state index contributed by atoms with van der Waals surface area (Å²) in [5, 5.41) is 1.16. The SMILES string of the molecule is CC1C(=O)NN(C)C(=O)c2ncn(C)c21. The van der Waals surface area contributed by atoms with Crippen molar-refractivity contribution in [3.8, 4) is 0 Å². The van der Waals surface area contributed by atoms with Gasteiger partial charge in [-0.15, -0.1) is 0 Å². The average Bonchev–Trinajstić information content (AvgIpc) is 2.54. The summed E-state index contributed by atoms with van der Waals surface area (Å²) < 4.78 is 1.70. The van der Waals surface area contributed by atoms with Gasteiger partial charge >= 0.3 is 0 Å². The maximum absolute atomic E-state index is 11.8. The van der Waals surface area contributed by atoms with Crippen LogP contribution in [0.15, 0.2) is 6.33 Å². The lowest BCUT2D eigenvalue weighted by molar-refractivity contribution is -0.125. The van der Waals surface area contributed by atoms with E-state index in [1.54, 1.807) is 24.9 Å². The van der Waals surface area contributed by atoms with Crippen molar-refractivity contribution >= 4 is 11.8 Å². The minimum Gasteiger partial charge on any atom is -0.336 e. The molecule has 0 saturated heterocycles. The molecule has 1 N–H and O–H groups in total. The van der Waals surface area contributed by atoms with Gasteiger partial charge in [-0.1, -0.05) is 0 Å². The Morgan fingerprint density at radius 3 is 2.73 bits per heavy atom. The highest BCUT2D eigenvalue weighted by Crippen LogP contribution is 2.22. The van der Waals surface area contributed by atoms with Crippen LogP contribution in [-0.2, 0) is 11.8 Å². The van der Waals surface area contributed by atoms with Crippen LogP contribution < -0.4 is 5.43 Å². The second kappa shape index (κ2) is 3.08. The molecule has 80 valence electrons. The van der Waals surface area contributed by atoms with E-state index in [1.165, 1.54) is 7.05 Å². The van der Waals surface area contributed by atoms with Gasteiger partial charge in [0.2, 0.25) is 5.91 Å². The Hall–Kier alpha value is -1.85. The summed E-state index contributed by atoms with van der Waals surface area (Å²) in [7, 11) is 3.28. The molecule has 0 bridgehead atoms. The Balaban J connectivity index is 2.61. The van der Waals surface area contributed by atoms with Crippen LogP contribution in [0.25, 0.3) is 0 Å². The van der Waals surface area contributed by atoms with Crippen molar-refractivity contribution in [3.05, 3.63) is 17.7 Å². The molecule has 6 heteroatoms. The monoisotopic (exact) mass is 208 g/mol. The standard InChI is InChI=1S/C9H12N4O2/c1-5-7-6(10-4-12(7)2)9(15)13(3)11-8(5)14/h4-5H,1-3H3,(H,11,14). The summed E-state index contributed by atoms with van der Waals surface area (Å²) in [6, 6.07) is 0. The van der Waals surface area contributed by atoms with E-state index in [4.69, 9.17) is 0 Å². The predicted octanol–water partition coefficient (Wildman–Crippen LogP) is -0.360. The predicted molar refractivity (Wildman–Crippen MR) is 51.9 cm³/mol. The van der Waals surface area contributed by atoms with Crippen molar-refractivity contribution in [2.45, 2.75) is 12.8 Å². The molecule has 1 unspecified atom stereocenters. The van der Waals surface area contributed by atoms with Crippen molar-refractivity contribution in [2.24, 2.45) is 7.05 Å². The molecular weight excluding hydrogens is 196 g/mol. The normalized spacial score (nSPS) is 21.0. The van der Waals surface area contributed by atoms with Gasteiger partial charge in [0, 0.05) is 14.1 Å². The Morgan fingerprint density at radius 2 is 2.07 bits per heavy atom. The molecule has 15 heavy (non-hydrogen) atoms. The van der Waals surface area contributed by atoms with Crippen LogP contribution in [0.4, 0.5) is 0 Å². The Labute approximate surface area is 86.9 Å². The van der Waals surface area contributed by atoms with Gasteiger partial charge in [-0.2, -0.15) is 0 Å². The minimum absolute atomic E-state index is 0.201. The number of rotatable bonds is 0. The van der Waals surface area contributed by atoms with Gasteiger partial charge in [0.1, 0.15) is 0 Å². The van der Waals surface area contributed by atoms with E-state index in [0.717, 1.165) is 5.01 Å². The van der Waals surface area contributed by atoms with Gasteiger partial charge < -0.3 is 4.57 Å². The van der Waals surface area contributed by atoms with Gasteiger partial charge in [0.05, 0.1) is 17.9 Å². The van der Waals surface area contributed by atoms with Gasteiger partial charge in [-0.05, 0) is 6.92 Å². The van der Waals surface area contributed by atoms with Crippen LogP contribution in [0.1, 0.15) is 29.0 Å². The third-order valence-electron chi connectivity index (χ3n) is 2.57. The number of hydrazine groups is 1. The zero-order valence-corrected chi connectivity index (χ0v) is 8.81. The van der Waals surface area contributed by atoms with Crippen LogP contribution in [0.2, 0.25) is 0 Å². The fourth-order valence-corrected chi connectivity index (χ4v) is 1.71. The second-order valence-corrected chi connectivity index (χ2v) is 3.65. The van der Waals surface area contributed by atoms with E-state index >= 15 is 0 Å². The molecule has 0 aliphatic carbocycles. The molecular formula is C9H12N4O2. The number of imidazole rings is 1. The molecule has 2 rings (SSSR count). The lowest BCUT2D eigenvalue weighted by Gasteiger charge is -2.14. The molecule has 1 aliphatic heterocycles. The van der Waals surface area contributed by atoms with Gasteiger partial charge in [-0.25, -0.2) is 4.98 Å². The Kier molecular flexibility index (Phi) is 1.99. The van der Waals surface area contributed by atoms with E-state index in [2.05, 4.69) is 10.4 Å². The van der Waals surface area contributed by atoms with Gasteiger partial charge in [-0.3, -0.25) is 20.0 Å². The minimum atomic E-state index is -0.374. The summed E-state index contributed by atoms with van der Waals surface area (Å²) in [4.78, 5) is 27.4. The van der Waals surface area contributed by atoms with Crippen LogP contribution in [0, 0.1) is 0 Å². The van der Waals surface area contributed by atoms with Crippen LogP contribution in [0.3, 0.4) is 0 Å². The van der Waals surface area contributed by atoms with Gasteiger partial charge in [0.15, 0.2) is 5.69 Å². The molecule has 1 atom stereocenters. The first-order valence-electron chi connectivity index (χ1n) is 4.62. The van der Waals surface area contributed by atoms with Crippen LogP contribution in [-0.4, -0.2) is 33.4 Å². The molecule has 0 fully saturated rings. The first-order chi connectivity index (χ1) is 7.02. The quantitative estimate of drug-likeness (QED) is 0.633. The molecule has 1 aromatic rings. The maximum Gasteiger partial charge on any atom is 0.292 e. The van der Waals surface area contributed by atoms with E-state index in [0.29, 0.717) is 11.4 Å². The highest BCUT2D eigenvalue weighted by molar-refractivity contribution is 5.99. The lowest BCUT2D eigenvalue weighted by Crippen LogP contribution is -2.42.